The van der Waals surface area contributed by atoms with Gasteiger partial charge in [-0.25, -0.2) is 9.59 Å². The van der Waals surface area contributed by atoms with Gasteiger partial charge >= 0.3 is 11.9 Å². The maximum absolute atomic E-state index is 10.5. The first-order valence-electron chi connectivity index (χ1n) is 5.45. The summed E-state index contributed by atoms with van der Waals surface area (Å²) in [7, 11) is 0. The average Bonchev–Trinajstić information content (AvgIpc) is 2.24. The normalized spacial score (nSPS) is 11.4. The lowest BCUT2D eigenvalue weighted by atomic mass is 10.2. The van der Waals surface area contributed by atoms with Crippen LogP contribution in [0.4, 0.5) is 0 Å². The molecule has 18 heavy (non-hydrogen) atoms. The summed E-state index contributed by atoms with van der Waals surface area (Å²) in [5.41, 5.74) is -0.398. The fraction of sp³-hybridized carbons (Fsp3) is 0.538. The number of ether oxygens (including phenoxy) is 2. The van der Waals surface area contributed by atoms with Crippen LogP contribution in [-0.4, -0.2) is 35.4 Å². The minimum absolute atomic E-state index is 0.0326. The molecule has 1 unspecified atom stereocenters. The third-order valence-corrected chi connectivity index (χ3v) is 1.21. The van der Waals surface area contributed by atoms with Crippen molar-refractivity contribution >= 4 is 11.9 Å². The van der Waals surface area contributed by atoms with Crippen LogP contribution in [0.2, 0.25) is 0 Å². The smallest absolute Gasteiger partial charge is 0.330 e. The number of aliphatic hydroxyl groups excluding tert-OH is 1. The molecule has 0 bridgehead atoms. The van der Waals surface area contributed by atoms with Crippen molar-refractivity contribution in [3.8, 4) is 0 Å². The highest BCUT2D eigenvalue weighted by molar-refractivity contribution is 5.81. The van der Waals surface area contributed by atoms with Gasteiger partial charge in [-0.1, -0.05) is 13.2 Å². The van der Waals surface area contributed by atoms with Gasteiger partial charge in [-0.15, -0.1) is 0 Å². The van der Waals surface area contributed by atoms with E-state index in [1.807, 2.05) is 20.8 Å². The Bertz CT molecular complexity index is 286. The van der Waals surface area contributed by atoms with Gasteiger partial charge in [0.2, 0.25) is 0 Å². The number of rotatable bonds is 4. The lowest BCUT2D eigenvalue weighted by Crippen LogP contribution is -2.22. The lowest BCUT2D eigenvalue weighted by Gasteiger charge is -2.17. The molecule has 104 valence electrons. The summed E-state index contributed by atoms with van der Waals surface area (Å²) in [4.78, 5) is 20.8. The standard InChI is InChI=1S/C7H12O2.C6H10O3/c1-5-6(8)9-7(2,3)4;1-3-6(8)9-4-5(2)7/h5H,1H2,2-4H3;3,5,7H,1,4H2,2H3. The van der Waals surface area contributed by atoms with Crippen molar-refractivity contribution < 1.29 is 24.2 Å². The lowest BCUT2D eigenvalue weighted by molar-refractivity contribution is -0.148. The Balaban J connectivity index is 0. The van der Waals surface area contributed by atoms with Crippen LogP contribution >= 0.6 is 0 Å². The van der Waals surface area contributed by atoms with Gasteiger partial charge in [0, 0.05) is 12.2 Å². The summed E-state index contributed by atoms with van der Waals surface area (Å²) in [5.74, 6) is -0.876. The minimum Gasteiger partial charge on any atom is -0.460 e. The first-order valence-corrected chi connectivity index (χ1v) is 5.45. The van der Waals surface area contributed by atoms with Crippen molar-refractivity contribution in [3.05, 3.63) is 25.3 Å². The van der Waals surface area contributed by atoms with Crippen LogP contribution in [0.3, 0.4) is 0 Å². The van der Waals surface area contributed by atoms with Crippen molar-refractivity contribution in [1.29, 1.82) is 0 Å². The van der Waals surface area contributed by atoms with Crippen molar-refractivity contribution in [2.45, 2.75) is 39.4 Å². The van der Waals surface area contributed by atoms with E-state index in [-0.39, 0.29) is 12.6 Å². The Morgan fingerprint density at radius 3 is 1.89 bits per heavy atom. The Hall–Kier alpha value is -1.62. The fourth-order valence-electron chi connectivity index (χ4n) is 0.605. The minimum atomic E-state index is -0.603. The molecule has 0 rings (SSSR count). The van der Waals surface area contributed by atoms with Crippen LogP contribution < -0.4 is 0 Å². The van der Waals surface area contributed by atoms with Gasteiger partial charge in [-0.05, 0) is 27.7 Å². The van der Waals surface area contributed by atoms with Gasteiger partial charge in [0.05, 0.1) is 6.10 Å². The molecule has 0 saturated heterocycles. The molecular weight excluding hydrogens is 236 g/mol. The second-order valence-electron chi connectivity index (χ2n) is 4.42. The summed E-state index contributed by atoms with van der Waals surface area (Å²) in [6.07, 6.45) is 1.61. The van der Waals surface area contributed by atoms with Gasteiger partial charge < -0.3 is 14.6 Å². The maximum atomic E-state index is 10.5. The fourth-order valence-corrected chi connectivity index (χ4v) is 0.605. The number of esters is 2. The van der Waals surface area contributed by atoms with Crippen LogP contribution in [0.1, 0.15) is 27.7 Å². The monoisotopic (exact) mass is 258 g/mol. The summed E-state index contributed by atoms with van der Waals surface area (Å²) < 4.78 is 9.28. The zero-order valence-electron chi connectivity index (χ0n) is 11.4. The largest absolute Gasteiger partial charge is 0.460 e. The third kappa shape index (κ3) is 16.8. The van der Waals surface area contributed by atoms with E-state index >= 15 is 0 Å². The predicted molar refractivity (Wildman–Crippen MR) is 68.9 cm³/mol. The molecule has 0 aromatic rings. The topological polar surface area (TPSA) is 72.8 Å². The first-order chi connectivity index (χ1) is 8.12. The summed E-state index contributed by atoms with van der Waals surface area (Å²) in [5, 5.41) is 8.59. The van der Waals surface area contributed by atoms with Crippen molar-refractivity contribution in [1.82, 2.24) is 0 Å². The second-order valence-corrected chi connectivity index (χ2v) is 4.42. The summed E-state index contributed by atoms with van der Waals surface area (Å²) in [6.45, 7) is 13.5. The number of hydrogen-bond donors (Lipinski definition) is 1. The number of carbonyl (C=O) groups excluding carboxylic acids is 2. The molecule has 0 heterocycles. The van der Waals surface area contributed by atoms with Crippen LogP contribution in [0.15, 0.2) is 25.3 Å². The summed E-state index contributed by atoms with van der Waals surface area (Å²) >= 11 is 0. The predicted octanol–water partition coefficient (Wildman–Crippen LogP) is 1.61. The van der Waals surface area contributed by atoms with E-state index in [1.165, 1.54) is 6.92 Å². The van der Waals surface area contributed by atoms with Crippen LogP contribution in [0, 0.1) is 0 Å². The van der Waals surface area contributed by atoms with E-state index in [2.05, 4.69) is 17.9 Å². The molecule has 0 amide bonds. The van der Waals surface area contributed by atoms with Crippen molar-refractivity contribution in [3.63, 3.8) is 0 Å². The van der Waals surface area contributed by atoms with Gasteiger partial charge in [0.1, 0.15) is 12.2 Å². The Labute approximate surface area is 108 Å². The van der Waals surface area contributed by atoms with Gasteiger partial charge in [-0.2, -0.15) is 0 Å². The highest BCUT2D eigenvalue weighted by atomic mass is 16.6. The van der Waals surface area contributed by atoms with Gasteiger partial charge in [0.15, 0.2) is 0 Å². The third-order valence-electron chi connectivity index (χ3n) is 1.21. The summed E-state index contributed by atoms with van der Waals surface area (Å²) in [6, 6.07) is 0. The highest BCUT2D eigenvalue weighted by Gasteiger charge is 2.12. The van der Waals surface area contributed by atoms with Crippen LogP contribution in [0.25, 0.3) is 0 Å². The van der Waals surface area contributed by atoms with E-state index in [1.54, 1.807) is 0 Å². The van der Waals surface area contributed by atoms with Gasteiger partial charge in [-0.3, -0.25) is 0 Å². The zero-order chi connectivity index (χ0) is 14.8. The molecule has 0 aromatic carbocycles. The molecule has 1 N–H and O–H groups in total. The molecule has 0 aliphatic rings. The first kappa shape index (κ1) is 18.7. The number of aliphatic hydroxyl groups is 1. The zero-order valence-corrected chi connectivity index (χ0v) is 11.4. The number of carbonyl (C=O) groups is 2. The van der Waals surface area contributed by atoms with Crippen molar-refractivity contribution in [2.24, 2.45) is 0 Å². The van der Waals surface area contributed by atoms with Crippen LogP contribution in [0.5, 0.6) is 0 Å². The molecule has 0 aromatic heterocycles. The molecule has 1 atom stereocenters. The number of hydrogen-bond acceptors (Lipinski definition) is 5. The highest BCUT2D eigenvalue weighted by Crippen LogP contribution is 2.06. The molecule has 0 aliphatic heterocycles. The van der Waals surface area contributed by atoms with E-state index in [0.29, 0.717) is 0 Å². The molecular formula is C13H22O5. The van der Waals surface area contributed by atoms with E-state index in [0.717, 1.165) is 12.2 Å². The molecule has 5 heteroatoms. The molecule has 0 saturated carbocycles. The molecule has 0 aliphatic carbocycles. The van der Waals surface area contributed by atoms with Crippen LogP contribution in [-0.2, 0) is 19.1 Å². The maximum Gasteiger partial charge on any atom is 0.330 e. The van der Waals surface area contributed by atoms with Crippen molar-refractivity contribution in [2.75, 3.05) is 6.61 Å². The molecule has 0 spiro atoms. The Kier molecular flexibility index (Phi) is 9.80. The van der Waals surface area contributed by atoms with Gasteiger partial charge in [0.25, 0.3) is 0 Å². The Morgan fingerprint density at radius 2 is 1.67 bits per heavy atom. The molecule has 0 radical (unpaired) electrons. The van der Waals surface area contributed by atoms with E-state index in [4.69, 9.17) is 9.84 Å². The Morgan fingerprint density at radius 1 is 1.22 bits per heavy atom. The van der Waals surface area contributed by atoms with E-state index < -0.39 is 17.7 Å². The average molecular weight is 258 g/mol. The second kappa shape index (κ2) is 9.41. The SMILES string of the molecule is C=CC(=O)OC(C)(C)C.C=CC(=O)OCC(C)O. The van der Waals surface area contributed by atoms with E-state index in [9.17, 15) is 9.59 Å². The molecule has 5 nitrogen and oxygen atoms in total. The quantitative estimate of drug-likeness (QED) is 0.612. The molecule has 0 fully saturated rings.